The smallest absolute Gasteiger partial charge is 0.119 e. The number of nitrogens with one attached hydrogen (secondary N) is 1. The Balaban J connectivity index is 1.93. The largest absolute Gasteiger partial charge is 0.491 e. The van der Waals surface area contributed by atoms with Gasteiger partial charge in [0, 0.05) is 6.54 Å². The Kier molecular flexibility index (Phi) is 6.61. The molecule has 0 unspecified atom stereocenters. The quantitative estimate of drug-likeness (QED) is 0.543. The van der Waals surface area contributed by atoms with Gasteiger partial charge < -0.3 is 4.74 Å². The van der Waals surface area contributed by atoms with Gasteiger partial charge in [-0.2, -0.15) is 0 Å². The van der Waals surface area contributed by atoms with Crippen molar-refractivity contribution in [2.75, 3.05) is 19.8 Å². The molecule has 1 aromatic rings. The molecule has 0 aromatic heterocycles. The van der Waals surface area contributed by atoms with Crippen LogP contribution < -0.4 is 10.2 Å². The molecule has 0 atom stereocenters. The van der Waals surface area contributed by atoms with Crippen LogP contribution in [-0.2, 0) is 4.84 Å². The third-order valence-corrected chi connectivity index (χ3v) is 2.12. The minimum Gasteiger partial charge on any atom is -0.491 e. The van der Waals surface area contributed by atoms with Crippen molar-refractivity contribution in [2.24, 2.45) is 5.92 Å². The SMILES string of the molecule is CC(C)CCNOCCOc1ccccc1. The van der Waals surface area contributed by atoms with Gasteiger partial charge in [-0.15, -0.1) is 0 Å². The van der Waals surface area contributed by atoms with Crippen LogP contribution >= 0.6 is 0 Å². The molecule has 0 aliphatic rings. The van der Waals surface area contributed by atoms with Crippen molar-refractivity contribution in [1.29, 1.82) is 0 Å². The predicted octanol–water partition coefficient (Wildman–Crippen LogP) is 2.63. The minimum absolute atomic E-state index is 0.562. The van der Waals surface area contributed by atoms with E-state index in [1.807, 2.05) is 30.3 Å². The highest BCUT2D eigenvalue weighted by Crippen LogP contribution is 2.07. The number of ether oxygens (including phenoxy) is 1. The lowest BCUT2D eigenvalue weighted by atomic mass is 10.1. The molecule has 0 aliphatic heterocycles. The molecule has 16 heavy (non-hydrogen) atoms. The molecule has 3 heteroatoms. The summed E-state index contributed by atoms with van der Waals surface area (Å²) in [5.74, 6) is 1.59. The first-order valence-electron chi connectivity index (χ1n) is 5.81. The standard InChI is InChI=1S/C13H21NO2/c1-12(2)8-9-14-16-11-10-15-13-6-4-3-5-7-13/h3-7,12,14H,8-11H2,1-2H3. The van der Waals surface area contributed by atoms with E-state index in [4.69, 9.17) is 9.57 Å². The molecule has 0 aliphatic carbocycles. The van der Waals surface area contributed by atoms with E-state index in [1.54, 1.807) is 0 Å². The van der Waals surface area contributed by atoms with Crippen molar-refractivity contribution in [3.05, 3.63) is 30.3 Å². The van der Waals surface area contributed by atoms with E-state index in [2.05, 4.69) is 19.3 Å². The Morgan fingerprint density at radius 2 is 1.88 bits per heavy atom. The van der Waals surface area contributed by atoms with Crippen LogP contribution in [0.3, 0.4) is 0 Å². The van der Waals surface area contributed by atoms with Crippen LogP contribution in [-0.4, -0.2) is 19.8 Å². The summed E-state index contributed by atoms with van der Waals surface area (Å²) in [6.07, 6.45) is 1.12. The third kappa shape index (κ3) is 6.43. The average molecular weight is 223 g/mol. The zero-order chi connectivity index (χ0) is 11.6. The molecule has 1 rings (SSSR count). The van der Waals surface area contributed by atoms with Gasteiger partial charge in [0.2, 0.25) is 0 Å². The maximum absolute atomic E-state index is 5.47. The molecule has 90 valence electrons. The van der Waals surface area contributed by atoms with Crippen LogP contribution in [0.15, 0.2) is 30.3 Å². The second kappa shape index (κ2) is 8.13. The summed E-state index contributed by atoms with van der Waals surface area (Å²) in [4.78, 5) is 5.23. The highest BCUT2D eigenvalue weighted by molar-refractivity contribution is 5.20. The maximum atomic E-state index is 5.47. The fourth-order valence-electron chi connectivity index (χ4n) is 1.21. The lowest BCUT2D eigenvalue weighted by molar-refractivity contribution is 0.0206. The molecular weight excluding hydrogens is 202 g/mol. The van der Waals surface area contributed by atoms with Crippen molar-refractivity contribution in [3.8, 4) is 5.75 Å². The molecule has 0 heterocycles. The summed E-state index contributed by atoms with van der Waals surface area (Å²) in [6.45, 7) is 6.41. The first-order chi connectivity index (χ1) is 7.79. The van der Waals surface area contributed by atoms with Gasteiger partial charge >= 0.3 is 0 Å². The molecule has 3 nitrogen and oxygen atoms in total. The Hall–Kier alpha value is -1.06. The fraction of sp³-hybridized carbons (Fsp3) is 0.538. The number of rotatable bonds is 8. The van der Waals surface area contributed by atoms with Gasteiger partial charge in [0.1, 0.15) is 19.0 Å². The minimum atomic E-state index is 0.562. The number of hydrogen-bond donors (Lipinski definition) is 1. The van der Waals surface area contributed by atoms with Gasteiger partial charge in [0.25, 0.3) is 0 Å². The second-order valence-corrected chi connectivity index (χ2v) is 4.09. The lowest BCUT2D eigenvalue weighted by Crippen LogP contribution is -2.20. The molecule has 1 aromatic carbocycles. The van der Waals surface area contributed by atoms with E-state index in [0.717, 1.165) is 18.7 Å². The molecule has 0 bridgehead atoms. The summed E-state index contributed by atoms with van der Waals surface area (Å²) in [7, 11) is 0. The molecule has 1 N–H and O–H groups in total. The van der Waals surface area contributed by atoms with Crippen molar-refractivity contribution in [3.63, 3.8) is 0 Å². The normalized spacial score (nSPS) is 10.7. The fourth-order valence-corrected chi connectivity index (χ4v) is 1.21. The van der Waals surface area contributed by atoms with Crippen molar-refractivity contribution < 1.29 is 9.57 Å². The summed E-state index contributed by atoms with van der Waals surface area (Å²) in [6, 6.07) is 9.75. The van der Waals surface area contributed by atoms with E-state index in [-0.39, 0.29) is 0 Å². The molecule has 0 saturated heterocycles. The van der Waals surface area contributed by atoms with E-state index in [9.17, 15) is 0 Å². The molecule has 0 saturated carbocycles. The Labute approximate surface area is 97.7 Å². The molecule has 0 radical (unpaired) electrons. The summed E-state index contributed by atoms with van der Waals surface area (Å²) in [5, 5.41) is 0. The molecular formula is C13H21NO2. The lowest BCUT2D eigenvalue weighted by Gasteiger charge is -2.08. The highest BCUT2D eigenvalue weighted by Gasteiger charge is 1.94. The van der Waals surface area contributed by atoms with E-state index in [0.29, 0.717) is 19.1 Å². The van der Waals surface area contributed by atoms with Crippen LogP contribution in [0.1, 0.15) is 20.3 Å². The molecule has 0 spiro atoms. The van der Waals surface area contributed by atoms with Gasteiger partial charge in [0.05, 0.1) is 0 Å². The number of hydrogen-bond acceptors (Lipinski definition) is 3. The first kappa shape index (κ1) is 13.0. The van der Waals surface area contributed by atoms with Crippen LogP contribution in [0, 0.1) is 5.92 Å². The molecule has 0 amide bonds. The highest BCUT2D eigenvalue weighted by atomic mass is 16.7. The topological polar surface area (TPSA) is 30.5 Å². The van der Waals surface area contributed by atoms with Crippen LogP contribution in [0.25, 0.3) is 0 Å². The van der Waals surface area contributed by atoms with Crippen LogP contribution in [0.4, 0.5) is 0 Å². The average Bonchev–Trinajstić information content (AvgIpc) is 2.29. The summed E-state index contributed by atoms with van der Waals surface area (Å²) >= 11 is 0. The zero-order valence-electron chi connectivity index (χ0n) is 10.1. The number of para-hydroxylation sites is 1. The van der Waals surface area contributed by atoms with Crippen LogP contribution in [0.5, 0.6) is 5.75 Å². The van der Waals surface area contributed by atoms with E-state index >= 15 is 0 Å². The number of benzene rings is 1. The van der Waals surface area contributed by atoms with E-state index < -0.39 is 0 Å². The number of hydroxylamine groups is 1. The summed E-state index contributed by atoms with van der Waals surface area (Å²) in [5.41, 5.74) is 2.92. The summed E-state index contributed by atoms with van der Waals surface area (Å²) < 4.78 is 5.47. The van der Waals surface area contributed by atoms with Crippen molar-refractivity contribution in [1.82, 2.24) is 5.48 Å². The van der Waals surface area contributed by atoms with Gasteiger partial charge in [-0.3, -0.25) is 4.84 Å². The molecule has 0 fully saturated rings. The van der Waals surface area contributed by atoms with Gasteiger partial charge in [0.15, 0.2) is 0 Å². The van der Waals surface area contributed by atoms with Gasteiger partial charge in [-0.1, -0.05) is 32.0 Å². The van der Waals surface area contributed by atoms with Gasteiger partial charge in [-0.25, -0.2) is 5.48 Å². The third-order valence-electron chi connectivity index (χ3n) is 2.12. The Bertz CT molecular complexity index is 262. The Morgan fingerprint density at radius 3 is 2.56 bits per heavy atom. The van der Waals surface area contributed by atoms with Crippen molar-refractivity contribution in [2.45, 2.75) is 20.3 Å². The Morgan fingerprint density at radius 1 is 1.12 bits per heavy atom. The van der Waals surface area contributed by atoms with E-state index in [1.165, 1.54) is 0 Å². The maximum Gasteiger partial charge on any atom is 0.119 e. The first-order valence-corrected chi connectivity index (χ1v) is 5.81. The second-order valence-electron chi connectivity index (χ2n) is 4.09. The van der Waals surface area contributed by atoms with Crippen LogP contribution in [0.2, 0.25) is 0 Å². The van der Waals surface area contributed by atoms with Crippen molar-refractivity contribution >= 4 is 0 Å². The van der Waals surface area contributed by atoms with Gasteiger partial charge in [-0.05, 0) is 24.5 Å². The monoisotopic (exact) mass is 223 g/mol. The predicted molar refractivity (Wildman–Crippen MR) is 65.3 cm³/mol. The zero-order valence-corrected chi connectivity index (χ0v) is 10.1.